The van der Waals surface area contributed by atoms with E-state index >= 15 is 0 Å². The topological polar surface area (TPSA) is 86.5 Å². The molecule has 0 bridgehead atoms. The zero-order valence-electron chi connectivity index (χ0n) is 19.5. The highest BCUT2D eigenvalue weighted by Crippen LogP contribution is 2.57. The summed E-state index contributed by atoms with van der Waals surface area (Å²) in [5.41, 5.74) is 1.27. The number of halogens is 3. The highest BCUT2D eigenvalue weighted by Gasteiger charge is 2.50. The van der Waals surface area contributed by atoms with Crippen LogP contribution in [0.25, 0.3) is 0 Å². The first kappa shape index (κ1) is 23.6. The second-order valence-corrected chi connectivity index (χ2v) is 9.45. The zero-order chi connectivity index (χ0) is 24.9. The SMILES string of the molecule is CCOC(=O)c1nn(CC(=O)N2CC[C@@H](Oc3ncccc3C(F)(F)F)C[C@@H]2C)c2c1[C@@H]1C[C@@H]1C2. The van der Waals surface area contributed by atoms with Gasteiger partial charge < -0.3 is 14.4 Å². The van der Waals surface area contributed by atoms with Gasteiger partial charge in [-0.25, -0.2) is 9.78 Å². The number of ether oxygens (including phenoxy) is 2. The number of nitrogens with zero attached hydrogens (tertiary/aromatic N) is 4. The fourth-order valence-electron chi connectivity index (χ4n) is 5.36. The number of aromatic nitrogens is 3. The Kier molecular flexibility index (Phi) is 5.96. The lowest BCUT2D eigenvalue weighted by Gasteiger charge is -2.37. The minimum atomic E-state index is -4.56. The molecule has 0 radical (unpaired) electrons. The lowest BCUT2D eigenvalue weighted by atomic mass is 10.0. The normalized spacial score (nSPS) is 25.1. The van der Waals surface area contributed by atoms with Gasteiger partial charge in [0.25, 0.3) is 0 Å². The van der Waals surface area contributed by atoms with Crippen LogP contribution in [0.1, 0.15) is 66.3 Å². The van der Waals surface area contributed by atoms with E-state index in [0.29, 0.717) is 36.9 Å². The molecule has 1 aliphatic heterocycles. The van der Waals surface area contributed by atoms with Gasteiger partial charge in [0.15, 0.2) is 5.69 Å². The van der Waals surface area contributed by atoms with E-state index in [2.05, 4.69) is 10.1 Å². The fraction of sp³-hybridized carbons (Fsp3) is 0.583. The number of amides is 1. The third kappa shape index (κ3) is 4.48. The highest BCUT2D eigenvalue weighted by atomic mass is 19.4. The number of carbonyl (C=O) groups excluding carboxylic acids is 2. The minimum Gasteiger partial charge on any atom is -0.474 e. The molecule has 1 saturated carbocycles. The summed E-state index contributed by atoms with van der Waals surface area (Å²) in [6.45, 7) is 4.20. The standard InChI is InChI=1S/C24H27F3N4O4/c1-3-34-23(33)21-20-16-10-14(16)11-18(20)31(29-21)12-19(32)30-8-6-15(9-13(30)2)35-22-17(24(25,26)27)5-4-7-28-22/h4-5,7,13-16H,3,6,8-12H2,1-2H3/t13-,14+,15+,16+/m0/s1. The van der Waals surface area contributed by atoms with Gasteiger partial charge in [-0.3, -0.25) is 9.48 Å². The molecule has 2 aliphatic carbocycles. The van der Waals surface area contributed by atoms with Crippen molar-refractivity contribution in [2.75, 3.05) is 13.2 Å². The number of alkyl halides is 3. The molecule has 0 N–H and O–H groups in total. The van der Waals surface area contributed by atoms with E-state index in [9.17, 15) is 22.8 Å². The van der Waals surface area contributed by atoms with Crippen LogP contribution >= 0.6 is 0 Å². The summed E-state index contributed by atoms with van der Waals surface area (Å²) in [4.78, 5) is 31.1. The first-order chi connectivity index (χ1) is 16.7. The Morgan fingerprint density at radius 2 is 2.06 bits per heavy atom. The van der Waals surface area contributed by atoms with E-state index < -0.39 is 29.7 Å². The number of esters is 1. The van der Waals surface area contributed by atoms with Crippen LogP contribution in [0.5, 0.6) is 5.88 Å². The number of hydrogen-bond donors (Lipinski definition) is 0. The third-order valence-corrected chi connectivity index (χ3v) is 7.10. The van der Waals surface area contributed by atoms with E-state index in [-0.39, 0.29) is 25.1 Å². The number of likely N-dealkylation sites (tertiary alicyclic amines) is 1. The molecule has 2 aromatic heterocycles. The van der Waals surface area contributed by atoms with Crippen molar-refractivity contribution in [1.82, 2.24) is 19.7 Å². The average molecular weight is 492 g/mol. The zero-order valence-corrected chi connectivity index (χ0v) is 19.5. The van der Waals surface area contributed by atoms with Crippen molar-refractivity contribution in [2.45, 2.75) is 70.3 Å². The van der Waals surface area contributed by atoms with Crippen LogP contribution in [0.3, 0.4) is 0 Å². The predicted molar refractivity (Wildman–Crippen MR) is 117 cm³/mol. The van der Waals surface area contributed by atoms with Gasteiger partial charge >= 0.3 is 12.1 Å². The Morgan fingerprint density at radius 3 is 2.77 bits per heavy atom. The molecular formula is C24H27F3N4O4. The molecule has 0 unspecified atom stereocenters. The lowest BCUT2D eigenvalue weighted by Crippen LogP contribution is -2.48. The molecule has 2 aromatic rings. The number of carbonyl (C=O) groups is 2. The number of pyridine rings is 1. The maximum atomic E-state index is 13.3. The van der Waals surface area contributed by atoms with Gasteiger partial charge in [-0.05, 0) is 50.7 Å². The number of piperidine rings is 1. The molecule has 0 aromatic carbocycles. The van der Waals surface area contributed by atoms with Gasteiger partial charge in [0.05, 0.1) is 6.61 Å². The number of rotatable bonds is 6. The van der Waals surface area contributed by atoms with Crippen molar-refractivity contribution in [2.24, 2.45) is 5.92 Å². The van der Waals surface area contributed by atoms with Crippen molar-refractivity contribution < 1.29 is 32.2 Å². The fourth-order valence-corrected chi connectivity index (χ4v) is 5.36. The van der Waals surface area contributed by atoms with Crippen molar-refractivity contribution in [3.63, 3.8) is 0 Å². The maximum Gasteiger partial charge on any atom is 0.421 e. The second kappa shape index (κ2) is 8.83. The number of fused-ring (bicyclic) bond motifs is 3. The van der Waals surface area contributed by atoms with Crippen LogP contribution in [0.4, 0.5) is 13.2 Å². The third-order valence-electron chi connectivity index (χ3n) is 7.10. The molecule has 3 heterocycles. The molecule has 3 aliphatic rings. The summed E-state index contributed by atoms with van der Waals surface area (Å²) in [5.74, 6) is -0.201. The lowest BCUT2D eigenvalue weighted by molar-refractivity contribution is -0.140. The quantitative estimate of drug-likeness (QED) is 0.573. The molecule has 1 amide bonds. The summed E-state index contributed by atoms with van der Waals surface area (Å²) in [6, 6.07) is 1.94. The van der Waals surface area contributed by atoms with E-state index in [0.717, 1.165) is 30.2 Å². The van der Waals surface area contributed by atoms with Gasteiger partial charge in [0.1, 0.15) is 18.2 Å². The second-order valence-electron chi connectivity index (χ2n) is 9.45. The molecule has 11 heteroatoms. The van der Waals surface area contributed by atoms with E-state index in [4.69, 9.17) is 9.47 Å². The number of hydrogen-bond acceptors (Lipinski definition) is 6. The Bertz CT molecular complexity index is 1150. The van der Waals surface area contributed by atoms with Crippen LogP contribution in [-0.4, -0.2) is 56.8 Å². The van der Waals surface area contributed by atoms with Crippen molar-refractivity contribution in [1.29, 1.82) is 0 Å². The largest absolute Gasteiger partial charge is 0.474 e. The Morgan fingerprint density at radius 1 is 1.26 bits per heavy atom. The van der Waals surface area contributed by atoms with E-state index in [1.54, 1.807) is 16.5 Å². The van der Waals surface area contributed by atoms with Gasteiger partial charge in [-0.2, -0.15) is 18.3 Å². The van der Waals surface area contributed by atoms with Gasteiger partial charge in [0, 0.05) is 42.9 Å². The van der Waals surface area contributed by atoms with E-state index in [1.807, 2.05) is 6.92 Å². The molecule has 4 atom stereocenters. The highest BCUT2D eigenvalue weighted by molar-refractivity contribution is 5.90. The van der Waals surface area contributed by atoms with Crippen LogP contribution in [0.2, 0.25) is 0 Å². The van der Waals surface area contributed by atoms with Crippen LogP contribution in [0, 0.1) is 5.92 Å². The van der Waals surface area contributed by atoms with Crippen molar-refractivity contribution in [3.05, 3.63) is 40.8 Å². The molecule has 5 rings (SSSR count). The monoisotopic (exact) mass is 492 g/mol. The Balaban J connectivity index is 1.25. The average Bonchev–Trinajstić information content (AvgIpc) is 3.32. The smallest absolute Gasteiger partial charge is 0.421 e. The molecule has 2 fully saturated rings. The van der Waals surface area contributed by atoms with Crippen LogP contribution < -0.4 is 4.74 Å². The van der Waals surface area contributed by atoms with Gasteiger partial charge in [-0.1, -0.05) is 0 Å². The van der Waals surface area contributed by atoms with E-state index in [1.165, 1.54) is 12.3 Å². The first-order valence-electron chi connectivity index (χ1n) is 11.9. The summed E-state index contributed by atoms with van der Waals surface area (Å²) >= 11 is 0. The molecule has 35 heavy (non-hydrogen) atoms. The van der Waals surface area contributed by atoms with Crippen molar-refractivity contribution in [3.8, 4) is 5.88 Å². The van der Waals surface area contributed by atoms with Gasteiger partial charge in [0.2, 0.25) is 11.8 Å². The minimum absolute atomic E-state index is 0.00943. The van der Waals surface area contributed by atoms with Crippen LogP contribution in [-0.2, 0) is 28.7 Å². The van der Waals surface area contributed by atoms with Crippen LogP contribution in [0.15, 0.2) is 18.3 Å². The summed E-state index contributed by atoms with van der Waals surface area (Å²) in [6.07, 6.45) is -1.16. The Labute approximate surface area is 200 Å². The molecule has 8 nitrogen and oxygen atoms in total. The Hall–Kier alpha value is -3.11. The molecule has 0 spiro atoms. The maximum absolute atomic E-state index is 13.3. The summed E-state index contributed by atoms with van der Waals surface area (Å²) in [5, 5.41) is 4.45. The molecule has 188 valence electrons. The summed E-state index contributed by atoms with van der Waals surface area (Å²) in [7, 11) is 0. The van der Waals surface area contributed by atoms with Crippen molar-refractivity contribution >= 4 is 11.9 Å². The predicted octanol–water partition coefficient (Wildman–Crippen LogP) is 3.59. The molecule has 1 saturated heterocycles. The first-order valence-corrected chi connectivity index (χ1v) is 11.9. The molecular weight excluding hydrogens is 465 g/mol. The van der Waals surface area contributed by atoms with Gasteiger partial charge in [-0.15, -0.1) is 0 Å². The summed E-state index contributed by atoms with van der Waals surface area (Å²) < 4.78 is 52.2.